The van der Waals surface area contributed by atoms with Gasteiger partial charge in [-0.15, -0.1) is 18.3 Å². The van der Waals surface area contributed by atoms with E-state index in [1.54, 1.807) is 6.08 Å². The molecule has 0 amide bonds. The summed E-state index contributed by atoms with van der Waals surface area (Å²) < 4.78 is 0. The van der Waals surface area contributed by atoms with Gasteiger partial charge in [-0.3, -0.25) is 4.79 Å². The van der Waals surface area contributed by atoms with Gasteiger partial charge in [0.15, 0.2) is 5.78 Å². The minimum absolute atomic E-state index is 0.102. The van der Waals surface area contributed by atoms with Gasteiger partial charge in [0.2, 0.25) is 0 Å². The van der Waals surface area contributed by atoms with Crippen molar-refractivity contribution >= 4 is 22.6 Å². The molecule has 4 heteroatoms. The summed E-state index contributed by atoms with van der Waals surface area (Å²) in [6.07, 6.45) is 5.45. The molecule has 0 saturated heterocycles. The summed E-state index contributed by atoms with van der Waals surface area (Å²) in [4.78, 5) is 18.0. The zero-order valence-electron chi connectivity index (χ0n) is 15.6. The van der Waals surface area contributed by atoms with E-state index in [9.17, 15) is 10.1 Å². The van der Waals surface area contributed by atoms with Crippen molar-refractivity contribution in [2.45, 2.75) is 39.0 Å². The molecule has 1 aliphatic heterocycles. The van der Waals surface area contributed by atoms with Crippen molar-refractivity contribution in [3.63, 3.8) is 0 Å². The molecular weight excluding hydrogens is 340 g/mol. The Bertz CT molecular complexity index is 845. The third kappa shape index (κ3) is 2.95. The lowest BCUT2D eigenvalue weighted by molar-refractivity contribution is -0.118. The molecule has 3 nitrogen and oxygen atoms in total. The maximum absolute atomic E-state index is 13.2. The number of benzene rings is 1. The molecule has 2 aliphatic rings. The van der Waals surface area contributed by atoms with Gasteiger partial charge < -0.3 is 0 Å². The highest BCUT2D eigenvalue weighted by Gasteiger charge is 2.52. The summed E-state index contributed by atoms with van der Waals surface area (Å²) in [5.74, 6) is -0.178. The Hall–Kier alpha value is -2.12. The van der Waals surface area contributed by atoms with E-state index in [0.717, 1.165) is 28.3 Å². The quantitative estimate of drug-likeness (QED) is 0.686. The van der Waals surface area contributed by atoms with Crippen molar-refractivity contribution in [2.75, 3.05) is 6.26 Å². The Labute approximate surface area is 159 Å². The second-order valence-corrected chi connectivity index (χ2v) is 8.64. The third-order valence-corrected chi connectivity index (χ3v) is 6.13. The van der Waals surface area contributed by atoms with Crippen LogP contribution in [0.25, 0.3) is 0 Å². The van der Waals surface area contributed by atoms with Gasteiger partial charge in [-0.1, -0.05) is 50.3 Å². The molecular formula is C22H24N2OS. The van der Waals surface area contributed by atoms with Crippen molar-refractivity contribution < 1.29 is 4.79 Å². The number of Topliss-reactive ketones (excluding diaryl/α,β-unsaturated/α-hetero) is 1. The normalized spacial score (nSPS) is 27.4. The SMILES string of the molecule is C=CC[C@@]1(C#N)C(SC)=NC2=C(C(=O)CC(C)(C)C2)[C@H]1c1ccccc1. The van der Waals surface area contributed by atoms with Crippen LogP contribution < -0.4 is 0 Å². The highest BCUT2D eigenvalue weighted by Crippen LogP contribution is 2.55. The van der Waals surface area contributed by atoms with E-state index in [0.29, 0.717) is 12.8 Å². The van der Waals surface area contributed by atoms with Crippen LogP contribution in [0.5, 0.6) is 0 Å². The first-order valence-electron chi connectivity index (χ1n) is 8.85. The lowest BCUT2D eigenvalue weighted by Gasteiger charge is -2.43. The first-order valence-corrected chi connectivity index (χ1v) is 10.1. The van der Waals surface area contributed by atoms with Crippen molar-refractivity contribution in [3.8, 4) is 6.07 Å². The fraction of sp³-hybridized carbons (Fsp3) is 0.409. The van der Waals surface area contributed by atoms with Gasteiger partial charge in [0.1, 0.15) is 5.41 Å². The third-order valence-electron chi connectivity index (χ3n) is 5.29. The minimum Gasteiger partial charge on any atom is -0.294 e. The molecule has 0 saturated carbocycles. The fourth-order valence-corrected chi connectivity index (χ4v) is 5.05. The van der Waals surface area contributed by atoms with Crippen molar-refractivity contribution in [3.05, 3.63) is 59.8 Å². The number of carbonyl (C=O) groups is 1. The zero-order chi connectivity index (χ0) is 18.9. The Morgan fingerprint density at radius 1 is 1.35 bits per heavy atom. The first-order chi connectivity index (χ1) is 12.4. The largest absolute Gasteiger partial charge is 0.294 e. The molecule has 134 valence electrons. The topological polar surface area (TPSA) is 53.2 Å². The zero-order valence-corrected chi connectivity index (χ0v) is 16.4. The molecule has 0 aromatic heterocycles. The number of thioether (sulfide) groups is 1. The van der Waals surface area contributed by atoms with E-state index in [4.69, 9.17) is 4.99 Å². The Balaban J connectivity index is 2.31. The molecule has 0 spiro atoms. The van der Waals surface area contributed by atoms with Gasteiger partial charge >= 0.3 is 0 Å². The Morgan fingerprint density at radius 2 is 2.04 bits per heavy atom. The minimum atomic E-state index is -0.876. The predicted molar refractivity (Wildman–Crippen MR) is 108 cm³/mol. The molecule has 1 aliphatic carbocycles. The summed E-state index contributed by atoms with van der Waals surface area (Å²) in [5, 5.41) is 11.0. The highest BCUT2D eigenvalue weighted by molar-refractivity contribution is 8.13. The number of rotatable bonds is 3. The number of nitrogens with zero attached hydrogens (tertiary/aromatic N) is 2. The summed E-state index contributed by atoms with van der Waals surface area (Å²) in [7, 11) is 0. The average Bonchev–Trinajstić information content (AvgIpc) is 2.61. The van der Waals surface area contributed by atoms with E-state index in [1.165, 1.54) is 11.8 Å². The fourth-order valence-electron chi connectivity index (χ4n) is 4.24. The second-order valence-electron chi connectivity index (χ2n) is 7.84. The van der Waals surface area contributed by atoms with Gasteiger partial charge in [-0.05, 0) is 30.1 Å². The lowest BCUT2D eigenvalue weighted by Crippen LogP contribution is -2.42. The molecule has 0 radical (unpaired) electrons. The molecule has 1 aromatic carbocycles. The van der Waals surface area contributed by atoms with Crippen molar-refractivity contribution in [2.24, 2.45) is 15.8 Å². The molecule has 0 N–H and O–H groups in total. The molecule has 0 bridgehead atoms. The Morgan fingerprint density at radius 3 is 2.62 bits per heavy atom. The molecule has 3 rings (SSSR count). The number of ketones is 1. The van der Waals surface area contributed by atoms with Crippen LogP contribution in [0.15, 0.2) is 59.2 Å². The molecule has 0 unspecified atom stereocenters. The summed E-state index contributed by atoms with van der Waals surface area (Å²) >= 11 is 1.51. The standard InChI is InChI=1S/C22H24N2OS/c1-5-11-22(14-23)19(15-9-7-6-8-10-15)18-16(24-20(22)26-4)12-21(2,3)13-17(18)25/h5-10,19H,1,11-13H2,2-4H3/t19-,22+/m1/s1. The molecule has 2 atom stereocenters. The molecule has 1 heterocycles. The van der Waals surface area contributed by atoms with Gasteiger partial charge in [0.05, 0.1) is 11.1 Å². The molecule has 1 aromatic rings. The van der Waals surface area contributed by atoms with Crippen LogP contribution in [-0.4, -0.2) is 17.1 Å². The van der Waals surface area contributed by atoms with Crippen LogP contribution in [-0.2, 0) is 4.79 Å². The number of nitriles is 1. The van der Waals surface area contributed by atoms with Crippen LogP contribution in [0.1, 0.15) is 44.6 Å². The Kier molecular flexibility index (Phi) is 4.94. The van der Waals surface area contributed by atoms with E-state index < -0.39 is 5.41 Å². The van der Waals surface area contributed by atoms with E-state index in [-0.39, 0.29) is 17.1 Å². The van der Waals surface area contributed by atoms with Gasteiger partial charge in [-0.25, -0.2) is 4.99 Å². The van der Waals surface area contributed by atoms with Crippen molar-refractivity contribution in [1.29, 1.82) is 5.26 Å². The predicted octanol–water partition coefficient (Wildman–Crippen LogP) is 5.27. The number of carbonyl (C=O) groups excluding carboxylic acids is 1. The van der Waals surface area contributed by atoms with Gasteiger partial charge in [-0.2, -0.15) is 5.26 Å². The second kappa shape index (κ2) is 6.89. The smallest absolute Gasteiger partial charge is 0.161 e. The van der Waals surface area contributed by atoms with Crippen LogP contribution >= 0.6 is 11.8 Å². The van der Waals surface area contributed by atoms with Crippen LogP contribution in [0.3, 0.4) is 0 Å². The summed E-state index contributed by atoms with van der Waals surface area (Å²) in [5.41, 5.74) is 1.61. The molecule has 0 fully saturated rings. The number of aliphatic imine (C=N–C) groups is 1. The van der Waals surface area contributed by atoms with E-state index in [1.807, 2.05) is 36.6 Å². The highest BCUT2D eigenvalue weighted by atomic mass is 32.2. The first kappa shape index (κ1) is 18.7. The van der Waals surface area contributed by atoms with Crippen molar-refractivity contribution in [1.82, 2.24) is 0 Å². The maximum atomic E-state index is 13.2. The summed E-state index contributed by atoms with van der Waals surface area (Å²) in [6, 6.07) is 12.5. The average molecular weight is 365 g/mol. The maximum Gasteiger partial charge on any atom is 0.161 e. The van der Waals surface area contributed by atoms with Crippen LogP contribution in [0.2, 0.25) is 0 Å². The van der Waals surface area contributed by atoms with Gasteiger partial charge in [0.25, 0.3) is 0 Å². The summed E-state index contributed by atoms with van der Waals surface area (Å²) in [6.45, 7) is 8.09. The van der Waals surface area contributed by atoms with Crippen LogP contribution in [0, 0.1) is 22.2 Å². The van der Waals surface area contributed by atoms with E-state index >= 15 is 0 Å². The van der Waals surface area contributed by atoms with E-state index in [2.05, 4.69) is 26.5 Å². The number of allylic oxidation sites excluding steroid dienone is 3. The monoisotopic (exact) mass is 364 g/mol. The van der Waals surface area contributed by atoms with Crippen LogP contribution in [0.4, 0.5) is 0 Å². The number of hydrogen-bond acceptors (Lipinski definition) is 4. The lowest BCUT2D eigenvalue weighted by atomic mass is 9.61. The van der Waals surface area contributed by atoms with Gasteiger partial charge in [0, 0.05) is 23.6 Å². The number of hydrogen-bond donors (Lipinski definition) is 0. The molecule has 26 heavy (non-hydrogen) atoms.